The standard InChI is InChI=1S/C9H9NS/c1-6-5-9-8(3-4-11-9)10-7(6)2/h3-5H,1-2H3. The Balaban J connectivity index is 2.86. The maximum absolute atomic E-state index is 4.45. The number of pyridine rings is 1. The van der Waals surface area contributed by atoms with Gasteiger partial charge in [-0.15, -0.1) is 11.3 Å². The Morgan fingerprint density at radius 1 is 1.36 bits per heavy atom. The second-order valence-electron chi connectivity index (χ2n) is 2.69. The molecule has 2 rings (SSSR count). The maximum Gasteiger partial charge on any atom is 0.0813 e. The largest absolute Gasteiger partial charge is 0.252 e. The summed E-state index contributed by atoms with van der Waals surface area (Å²) in [7, 11) is 0. The van der Waals surface area contributed by atoms with Crippen molar-refractivity contribution in [1.82, 2.24) is 4.98 Å². The summed E-state index contributed by atoms with van der Waals surface area (Å²) in [6.07, 6.45) is 0. The van der Waals surface area contributed by atoms with Gasteiger partial charge < -0.3 is 0 Å². The van der Waals surface area contributed by atoms with Crippen molar-refractivity contribution in [3.05, 3.63) is 28.8 Å². The molecule has 2 aromatic rings. The van der Waals surface area contributed by atoms with Gasteiger partial charge in [0.2, 0.25) is 0 Å². The summed E-state index contributed by atoms with van der Waals surface area (Å²) in [5.41, 5.74) is 3.54. The predicted molar refractivity (Wildman–Crippen MR) is 49.1 cm³/mol. The summed E-state index contributed by atoms with van der Waals surface area (Å²) in [5.74, 6) is 0. The molecule has 2 heterocycles. The molecule has 2 aromatic heterocycles. The van der Waals surface area contributed by atoms with E-state index in [-0.39, 0.29) is 0 Å². The Morgan fingerprint density at radius 3 is 3.00 bits per heavy atom. The zero-order valence-corrected chi connectivity index (χ0v) is 7.40. The van der Waals surface area contributed by atoms with Crippen molar-refractivity contribution in [3.8, 4) is 0 Å². The fourth-order valence-corrected chi connectivity index (χ4v) is 1.91. The van der Waals surface area contributed by atoms with Crippen molar-refractivity contribution in [2.75, 3.05) is 0 Å². The molecule has 0 spiro atoms. The molecule has 0 aliphatic carbocycles. The fourth-order valence-electron chi connectivity index (χ4n) is 1.08. The molecule has 0 atom stereocenters. The van der Waals surface area contributed by atoms with Gasteiger partial charge in [0.1, 0.15) is 0 Å². The monoisotopic (exact) mass is 163 g/mol. The zero-order valence-electron chi connectivity index (χ0n) is 6.59. The van der Waals surface area contributed by atoms with Gasteiger partial charge in [-0.25, -0.2) is 0 Å². The molecule has 0 bridgehead atoms. The molecular formula is C9H9NS. The molecule has 0 unspecified atom stereocenters. The highest BCUT2D eigenvalue weighted by molar-refractivity contribution is 7.17. The summed E-state index contributed by atoms with van der Waals surface area (Å²) in [5, 5.41) is 2.08. The summed E-state index contributed by atoms with van der Waals surface area (Å²) < 4.78 is 1.29. The fraction of sp³-hybridized carbons (Fsp3) is 0.222. The molecule has 56 valence electrons. The quantitative estimate of drug-likeness (QED) is 0.582. The first kappa shape index (κ1) is 6.80. The minimum Gasteiger partial charge on any atom is -0.252 e. The average Bonchev–Trinajstić information content (AvgIpc) is 2.36. The molecule has 0 N–H and O–H groups in total. The van der Waals surface area contributed by atoms with Gasteiger partial charge in [-0.3, -0.25) is 4.98 Å². The minimum absolute atomic E-state index is 1.12. The molecule has 0 amide bonds. The molecule has 0 saturated carbocycles. The van der Waals surface area contributed by atoms with Gasteiger partial charge in [0.15, 0.2) is 0 Å². The smallest absolute Gasteiger partial charge is 0.0813 e. The van der Waals surface area contributed by atoms with Crippen molar-refractivity contribution in [2.24, 2.45) is 0 Å². The third kappa shape index (κ3) is 1.03. The van der Waals surface area contributed by atoms with Crippen LogP contribution in [0.5, 0.6) is 0 Å². The van der Waals surface area contributed by atoms with E-state index in [9.17, 15) is 0 Å². The highest BCUT2D eigenvalue weighted by Gasteiger charge is 1.98. The first-order valence-corrected chi connectivity index (χ1v) is 4.47. The van der Waals surface area contributed by atoms with Crippen LogP contribution in [0.4, 0.5) is 0 Å². The molecule has 1 nitrogen and oxygen atoms in total. The normalized spacial score (nSPS) is 10.7. The van der Waals surface area contributed by atoms with E-state index in [1.807, 2.05) is 6.92 Å². The van der Waals surface area contributed by atoms with E-state index in [1.54, 1.807) is 11.3 Å². The topological polar surface area (TPSA) is 12.9 Å². The van der Waals surface area contributed by atoms with E-state index in [0.29, 0.717) is 0 Å². The highest BCUT2D eigenvalue weighted by atomic mass is 32.1. The molecule has 0 aliphatic heterocycles. The predicted octanol–water partition coefficient (Wildman–Crippen LogP) is 2.91. The maximum atomic E-state index is 4.45. The van der Waals surface area contributed by atoms with E-state index in [2.05, 4.69) is 29.4 Å². The number of hydrogen-bond donors (Lipinski definition) is 0. The van der Waals surface area contributed by atoms with E-state index in [1.165, 1.54) is 10.3 Å². The second-order valence-corrected chi connectivity index (χ2v) is 3.64. The van der Waals surface area contributed by atoms with Crippen molar-refractivity contribution in [2.45, 2.75) is 13.8 Å². The molecule has 2 heteroatoms. The van der Waals surface area contributed by atoms with Crippen LogP contribution < -0.4 is 0 Å². The van der Waals surface area contributed by atoms with Crippen LogP contribution in [0, 0.1) is 13.8 Å². The molecule has 0 aliphatic rings. The van der Waals surface area contributed by atoms with E-state index < -0.39 is 0 Å². The van der Waals surface area contributed by atoms with Crippen molar-refractivity contribution in [3.63, 3.8) is 0 Å². The van der Waals surface area contributed by atoms with Crippen LogP contribution >= 0.6 is 11.3 Å². The Morgan fingerprint density at radius 2 is 2.18 bits per heavy atom. The number of nitrogens with zero attached hydrogens (tertiary/aromatic N) is 1. The average molecular weight is 163 g/mol. The summed E-state index contributed by atoms with van der Waals surface area (Å²) in [4.78, 5) is 4.45. The second kappa shape index (κ2) is 2.31. The Hall–Kier alpha value is -0.890. The number of aromatic nitrogens is 1. The number of aryl methyl sites for hydroxylation is 2. The van der Waals surface area contributed by atoms with E-state index in [4.69, 9.17) is 0 Å². The Labute approximate surface area is 69.7 Å². The van der Waals surface area contributed by atoms with Crippen molar-refractivity contribution >= 4 is 21.6 Å². The first-order chi connectivity index (χ1) is 5.27. The van der Waals surface area contributed by atoms with Crippen LogP contribution in [0.25, 0.3) is 10.2 Å². The van der Waals surface area contributed by atoms with Gasteiger partial charge in [-0.2, -0.15) is 0 Å². The molecule has 0 saturated heterocycles. The van der Waals surface area contributed by atoms with Gasteiger partial charge in [0.25, 0.3) is 0 Å². The lowest BCUT2D eigenvalue weighted by atomic mass is 10.2. The summed E-state index contributed by atoms with van der Waals surface area (Å²) >= 11 is 1.75. The molecule has 0 aromatic carbocycles. The third-order valence-corrected chi connectivity index (χ3v) is 2.73. The van der Waals surface area contributed by atoms with Gasteiger partial charge in [-0.1, -0.05) is 0 Å². The summed E-state index contributed by atoms with van der Waals surface area (Å²) in [6, 6.07) is 4.26. The number of rotatable bonds is 0. The number of hydrogen-bond acceptors (Lipinski definition) is 2. The van der Waals surface area contributed by atoms with Gasteiger partial charge in [0.05, 0.1) is 10.2 Å². The molecule has 11 heavy (non-hydrogen) atoms. The van der Waals surface area contributed by atoms with E-state index >= 15 is 0 Å². The van der Waals surface area contributed by atoms with Gasteiger partial charge >= 0.3 is 0 Å². The zero-order chi connectivity index (χ0) is 7.84. The van der Waals surface area contributed by atoms with Crippen LogP contribution in [0.1, 0.15) is 11.3 Å². The third-order valence-electron chi connectivity index (χ3n) is 1.88. The molecule has 0 fully saturated rings. The number of thiophene rings is 1. The lowest BCUT2D eigenvalue weighted by molar-refractivity contribution is 1.20. The Kier molecular flexibility index (Phi) is 1.43. The highest BCUT2D eigenvalue weighted by Crippen LogP contribution is 2.20. The number of fused-ring (bicyclic) bond motifs is 1. The van der Waals surface area contributed by atoms with Crippen molar-refractivity contribution < 1.29 is 0 Å². The first-order valence-electron chi connectivity index (χ1n) is 3.59. The molecular weight excluding hydrogens is 154 g/mol. The van der Waals surface area contributed by atoms with Crippen LogP contribution in [0.3, 0.4) is 0 Å². The summed E-state index contributed by atoms with van der Waals surface area (Å²) in [6.45, 7) is 4.15. The Bertz CT molecular complexity index is 353. The van der Waals surface area contributed by atoms with Crippen molar-refractivity contribution in [1.29, 1.82) is 0 Å². The van der Waals surface area contributed by atoms with Crippen LogP contribution in [-0.2, 0) is 0 Å². The SMILES string of the molecule is Cc1cc2sccc2nc1C. The van der Waals surface area contributed by atoms with Crippen LogP contribution in [0.15, 0.2) is 17.5 Å². The van der Waals surface area contributed by atoms with Gasteiger partial charge in [0, 0.05) is 5.69 Å². The molecule has 0 radical (unpaired) electrons. The van der Waals surface area contributed by atoms with Crippen LogP contribution in [-0.4, -0.2) is 4.98 Å². The van der Waals surface area contributed by atoms with E-state index in [0.717, 1.165) is 11.2 Å². The lowest BCUT2D eigenvalue weighted by Crippen LogP contribution is -1.84. The lowest BCUT2D eigenvalue weighted by Gasteiger charge is -1.97. The van der Waals surface area contributed by atoms with Gasteiger partial charge in [-0.05, 0) is 36.9 Å². The minimum atomic E-state index is 1.12. The van der Waals surface area contributed by atoms with Crippen LogP contribution in [0.2, 0.25) is 0 Å².